The number of ether oxygens (including phenoxy) is 1. The van der Waals surface area contributed by atoms with Crippen molar-refractivity contribution in [2.75, 3.05) is 7.05 Å². The third kappa shape index (κ3) is 3.96. The highest BCUT2D eigenvalue weighted by Gasteiger charge is 2.27. The number of aliphatic carboxylic acids is 1. The van der Waals surface area contributed by atoms with Gasteiger partial charge >= 0.3 is 5.97 Å². The molecule has 0 aliphatic carbocycles. The largest absolute Gasteiger partial charge is 0.491 e. The summed E-state index contributed by atoms with van der Waals surface area (Å²) < 4.78 is 7.13. The van der Waals surface area contributed by atoms with E-state index < -0.39 is 17.9 Å². The Labute approximate surface area is 146 Å². The van der Waals surface area contributed by atoms with Crippen LogP contribution in [-0.2, 0) is 4.79 Å². The molecule has 0 bridgehead atoms. The first kappa shape index (κ1) is 18.4. The number of carbonyl (C=O) groups excluding carboxylic acids is 1. The summed E-state index contributed by atoms with van der Waals surface area (Å²) >= 11 is 0. The molecular weight excluding hydrogens is 324 g/mol. The molecule has 1 aromatic heterocycles. The van der Waals surface area contributed by atoms with Gasteiger partial charge in [0.2, 0.25) is 0 Å². The Morgan fingerprint density at radius 3 is 2.32 bits per heavy atom. The summed E-state index contributed by atoms with van der Waals surface area (Å²) in [6.07, 6.45) is 0.0787. The molecule has 2 rings (SSSR count). The van der Waals surface area contributed by atoms with Crippen molar-refractivity contribution in [2.45, 2.75) is 39.8 Å². The molecule has 0 saturated carbocycles. The average molecular weight is 346 g/mol. The number of rotatable bonds is 6. The Morgan fingerprint density at radius 2 is 1.80 bits per heavy atom. The summed E-state index contributed by atoms with van der Waals surface area (Å²) in [5, 5.41) is 17.0. The Hall–Kier alpha value is -2.90. The van der Waals surface area contributed by atoms with Crippen molar-refractivity contribution < 1.29 is 19.4 Å². The minimum Gasteiger partial charge on any atom is -0.491 e. The predicted octanol–water partition coefficient (Wildman–Crippen LogP) is 1.91. The number of carboxylic acid groups (broad SMARTS) is 1. The number of likely N-dealkylation sites (N-methyl/N-ethyl adjacent to an activating group) is 1. The molecule has 0 saturated heterocycles. The molecule has 1 atom stereocenters. The van der Waals surface area contributed by atoms with Crippen LogP contribution in [0.15, 0.2) is 24.3 Å². The zero-order chi connectivity index (χ0) is 18.7. The van der Waals surface area contributed by atoms with E-state index in [4.69, 9.17) is 9.84 Å². The lowest BCUT2D eigenvalue weighted by Gasteiger charge is -2.20. The number of nitrogens with zero attached hydrogens (tertiary/aromatic N) is 4. The molecular formula is C17H22N4O4. The highest BCUT2D eigenvalue weighted by atomic mass is 16.5. The van der Waals surface area contributed by atoms with E-state index in [1.54, 1.807) is 6.92 Å². The zero-order valence-electron chi connectivity index (χ0n) is 14.9. The molecule has 25 heavy (non-hydrogen) atoms. The molecule has 8 heteroatoms. The summed E-state index contributed by atoms with van der Waals surface area (Å²) in [5.41, 5.74) is 1.39. The summed E-state index contributed by atoms with van der Waals surface area (Å²) in [7, 11) is 1.43. The lowest BCUT2D eigenvalue weighted by atomic mass is 10.2. The minimum absolute atomic E-state index is 0.0787. The number of benzene rings is 1. The molecule has 1 N–H and O–H groups in total. The van der Waals surface area contributed by atoms with Crippen molar-refractivity contribution in [1.29, 1.82) is 0 Å². The van der Waals surface area contributed by atoms with Gasteiger partial charge in [0.05, 0.1) is 17.5 Å². The molecule has 1 aromatic carbocycles. The average Bonchev–Trinajstić information content (AvgIpc) is 2.94. The van der Waals surface area contributed by atoms with E-state index in [1.165, 1.54) is 18.7 Å². The monoisotopic (exact) mass is 346 g/mol. The minimum atomic E-state index is -1.08. The lowest BCUT2D eigenvalue weighted by Crippen LogP contribution is -2.40. The van der Waals surface area contributed by atoms with Gasteiger partial charge in [0.15, 0.2) is 5.69 Å². The quantitative estimate of drug-likeness (QED) is 0.858. The van der Waals surface area contributed by atoms with E-state index in [-0.39, 0.29) is 11.8 Å². The van der Waals surface area contributed by atoms with Gasteiger partial charge in [-0.15, -0.1) is 5.10 Å². The Morgan fingerprint density at radius 1 is 1.20 bits per heavy atom. The van der Waals surface area contributed by atoms with Crippen LogP contribution in [0, 0.1) is 6.92 Å². The van der Waals surface area contributed by atoms with Crippen LogP contribution in [0.25, 0.3) is 5.69 Å². The van der Waals surface area contributed by atoms with Gasteiger partial charge in [-0.1, -0.05) is 5.21 Å². The summed E-state index contributed by atoms with van der Waals surface area (Å²) in [5.74, 6) is -0.831. The Kier molecular flexibility index (Phi) is 5.41. The molecule has 1 amide bonds. The first-order valence-corrected chi connectivity index (χ1v) is 7.91. The second-order valence-corrected chi connectivity index (χ2v) is 6.03. The van der Waals surface area contributed by atoms with Gasteiger partial charge in [-0.05, 0) is 52.0 Å². The fraction of sp³-hybridized carbons (Fsp3) is 0.412. The first-order chi connectivity index (χ1) is 11.7. The van der Waals surface area contributed by atoms with Crippen molar-refractivity contribution in [3.05, 3.63) is 35.7 Å². The molecule has 134 valence electrons. The van der Waals surface area contributed by atoms with Crippen LogP contribution in [0.1, 0.15) is 37.0 Å². The van der Waals surface area contributed by atoms with E-state index >= 15 is 0 Å². The molecule has 0 radical (unpaired) electrons. The number of amides is 1. The predicted molar refractivity (Wildman–Crippen MR) is 91.1 cm³/mol. The topological polar surface area (TPSA) is 97.5 Å². The molecule has 0 aliphatic heterocycles. The molecule has 0 fully saturated rings. The summed E-state index contributed by atoms with van der Waals surface area (Å²) in [6, 6.07) is 6.31. The molecule has 2 aromatic rings. The number of hydrogen-bond donors (Lipinski definition) is 1. The normalized spacial score (nSPS) is 12.1. The van der Waals surface area contributed by atoms with Gasteiger partial charge in [-0.2, -0.15) is 0 Å². The van der Waals surface area contributed by atoms with E-state index in [0.717, 1.165) is 16.3 Å². The van der Waals surface area contributed by atoms with Gasteiger partial charge in [0.1, 0.15) is 11.8 Å². The van der Waals surface area contributed by atoms with Gasteiger partial charge in [-0.25, -0.2) is 9.48 Å². The van der Waals surface area contributed by atoms with Crippen LogP contribution in [0.3, 0.4) is 0 Å². The number of carboxylic acids is 1. The van der Waals surface area contributed by atoms with Crippen molar-refractivity contribution in [3.63, 3.8) is 0 Å². The smallest absolute Gasteiger partial charge is 0.326 e. The van der Waals surface area contributed by atoms with Gasteiger partial charge in [-0.3, -0.25) is 4.79 Å². The first-order valence-electron chi connectivity index (χ1n) is 7.91. The van der Waals surface area contributed by atoms with E-state index in [1.807, 2.05) is 38.1 Å². The van der Waals surface area contributed by atoms with Gasteiger partial charge < -0.3 is 14.7 Å². The van der Waals surface area contributed by atoms with Gasteiger partial charge in [0, 0.05) is 7.05 Å². The van der Waals surface area contributed by atoms with Crippen LogP contribution in [0.2, 0.25) is 0 Å². The number of hydrogen-bond acceptors (Lipinski definition) is 5. The van der Waals surface area contributed by atoms with Crippen molar-refractivity contribution in [1.82, 2.24) is 19.9 Å². The third-order valence-electron chi connectivity index (χ3n) is 3.81. The highest BCUT2D eigenvalue weighted by Crippen LogP contribution is 2.19. The van der Waals surface area contributed by atoms with E-state index in [0.29, 0.717) is 5.69 Å². The van der Waals surface area contributed by atoms with E-state index in [9.17, 15) is 9.59 Å². The fourth-order valence-electron chi connectivity index (χ4n) is 2.22. The van der Waals surface area contributed by atoms with Crippen molar-refractivity contribution >= 4 is 11.9 Å². The highest BCUT2D eigenvalue weighted by molar-refractivity contribution is 5.95. The Balaban J connectivity index is 2.26. The van der Waals surface area contributed by atoms with Crippen LogP contribution in [-0.4, -0.2) is 56.1 Å². The third-order valence-corrected chi connectivity index (χ3v) is 3.81. The van der Waals surface area contributed by atoms with Crippen LogP contribution < -0.4 is 4.74 Å². The number of aromatic nitrogens is 3. The van der Waals surface area contributed by atoms with Gasteiger partial charge in [0.25, 0.3) is 5.91 Å². The van der Waals surface area contributed by atoms with Crippen LogP contribution in [0.5, 0.6) is 5.75 Å². The number of carbonyl (C=O) groups is 2. The molecule has 1 heterocycles. The summed E-state index contributed by atoms with van der Waals surface area (Å²) in [4.78, 5) is 24.6. The molecule has 1 unspecified atom stereocenters. The molecule has 0 spiro atoms. The van der Waals surface area contributed by atoms with Crippen LogP contribution in [0.4, 0.5) is 0 Å². The molecule has 8 nitrogen and oxygen atoms in total. The van der Waals surface area contributed by atoms with Crippen molar-refractivity contribution in [2.24, 2.45) is 0 Å². The summed E-state index contributed by atoms with van der Waals surface area (Å²) in [6.45, 7) is 7.04. The lowest BCUT2D eigenvalue weighted by molar-refractivity contribution is -0.141. The second kappa shape index (κ2) is 7.33. The SMILES string of the molecule is Cc1c(C(=O)N(C)C(C)C(=O)O)nnn1-c1ccc(OC(C)C)cc1. The van der Waals surface area contributed by atoms with E-state index in [2.05, 4.69) is 10.3 Å². The maximum atomic E-state index is 12.5. The second-order valence-electron chi connectivity index (χ2n) is 6.03. The maximum absolute atomic E-state index is 12.5. The standard InChI is InChI=1S/C17H22N4O4/c1-10(2)25-14-8-6-13(7-9-14)21-11(3)15(18-19-21)16(22)20(5)12(4)17(23)24/h6-10,12H,1-5H3,(H,23,24). The van der Waals surface area contributed by atoms with Crippen molar-refractivity contribution in [3.8, 4) is 11.4 Å². The fourth-order valence-corrected chi connectivity index (χ4v) is 2.22. The molecule has 0 aliphatic rings. The van der Waals surface area contributed by atoms with Crippen LogP contribution >= 0.6 is 0 Å². The zero-order valence-corrected chi connectivity index (χ0v) is 14.9. The maximum Gasteiger partial charge on any atom is 0.326 e. The Bertz CT molecular complexity index is 767.